The Bertz CT molecular complexity index is 1380. The molecule has 2 aromatic rings. The van der Waals surface area contributed by atoms with Crippen LogP contribution in [0.1, 0.15) is 72.1 Å². The van der Waals surface area contributed by atoms with E-state index in [9.17, 15) is 34.0 Å². The highest BCUT2D eigenvalue weighted by Crippen LogP contribution is 2.38. The Morgan fingerprint density at radius 1 is 0.957 bits per heavy atom. The molecule has 0 bridgehead atoms. The molecule has 0 aliphatic carbocycles. The van der Waals surface area contributed by atoms with Crippen LogP contribution in [0.25, 0.3) is 0 Å². The van der Waals surface area contributed by atoms with E-state index in [2.05, 4.69) is 10.3 Å². The van der Waals surface area contributed by atoms with Crippen LogP contribution in [-0.4, -0.2) is 62.0 Å². The van der Waals surface area contributed by atoms with Gasteiger partial charge in [-0.2, -0.15) is 4.90 Å². The van der Waals surface area contributed by atoms with E-state index in [0.29, 0.717) is 10.5 Å². The molecule has 3 N–H and O–H groups in total. The molecule has 0 radical (unpaired) electrons. The van der Waals surface area contributed by atoms with Crippen molar-refractivity contribution in [2.24, 2.45) is 11.8 Å². The topological polar surface area (TPSA) is 182 Å². The summed E-state index contributed by atoms with van der Waals surface area (Å²) in [7, 11) is -0.948. The fourth-order valence-electron chi connectivity index (χ4n) is 4.48. The van der Waals surface area contributed by atoms with Crippen molar-refractivity contribution < 1.29 is 48.2 Å². The number of amides is 3. The first-order chi connectivity index (χ1) is 21.2. The number of carboxylic acids is 1. The average molecular weight is 662 g/mol. The van der Waals surface area contributed by atoms with Crippen LogP contribution in [0.3, 0.4) is 0 Å². The second-order valence-corrected chi connectivity index (χ2v) is 14.1. The quantitative estimate of drug-likeness (QED) is 0.183. The molecular formula is C32H44N3O10P. The maximum Gasteiger partial charge on any atom is 0.425 e. The number of pyridine rings is 1. The third-order valence-corrected chi connectivity index (χ3v) is 7.36. The van der Waals surface area contributed by atoms with Gasteiger partial charge in [-0.1, -0.05) is 50.2 Å². The normalized spacial score (nSPS) is 14.5. The van der Waals surface area contributed by atoms with Crippen LogP contribution in [0.15, 0.2) is 42.6 Å². The van der Waals surface area contributed by atoms with Crippen LogP contribution in [0.5, 0.6) is 0 Å². The molecule has 46 heavy (non-hydrogen) atoms. The Labute approximate surface area is 270 Å². The molecule has 0 aliphatic heterocycles. The minimum atomic E-state index is -2.47. The first-order valence-corrected chi connectivity index (χ1v) is 15.5. The Hall–Kier alpha value is -4.09. The number of imide groups is 1. The van der Waals surface area contributed by atoms with Crippen molar-refractivity contribution in [2.75, 3.05) is 4.90 Å². The van der Waals surface area contributed by atoms with E-state index >= 15 is 0 Å². The number of aromatic nitrogens is 1. The van der Waals surface area contributed by atoms with Gasteiger partial charge in [-0.05, 0) is 77.5 Å². The van der Waals surface area contributed by atoms with Gasteiger partial charge in [0.2, 0.25) is 0 Å². The maximum absolute atomic E-state index is 13.1. The van der Waals surface area contributed by atoms with Crippen LogP contribution in [0.4, 0.5) is 20.2 Å². The van der Waals surface area contributed by atoms with Gasteiger partial charge in [0.15, 0.2) is 19.6 Å². The SMILES string of the molecule is Cc1cc(CC(C(=O)O)C(O)(P=O)C(NC(=O)OCc2ccccc2)C(C)C)cnc1N(C(=O)OC(C)(C)C)C(=O)OC(C)(C)C. The lowest BCUT2D eigenvalue weighted by atomic mass is 9.84. The number of alkyl carbamates (subject to hydrolysis) is 1. The molecule has 3 amide bonds. The van der Waals surface area contributed by atoms with Crippen LogP contribution in [-0.2, 0) is 36.6 Å². The highest BCUT2D eigenvalue weighted by atomic mass is 31.1. The van der Waals surface area contributed by atoms with Crippen LogP contribution >= 0.6 is 8.46 Å². The lowest BCUT2D eigenvalue weighted by Crippen LogP contribution is -2.58. The van der Waals surface area contributed by atoms with Gasteiger partial charge >= 0.3 is 24.2 Å². The molecule has 1 heterocycles. The van der Waals surface area contributed by atoms with Crippen molar-refractivity contribution in [1.29, 1.82) is 0 Å². The van der Waals surface area contributed by atoms with Crippen molar-refractivity contribution >= 4 is 38.5 Å². The van der Waals surface area contributed by atoms with Gasteiger partial charge in [-0.25, -0.2) is 19.4 Å². The minimum absolute atomic E-state index is 0.0751. The zero-order valence-electron chi connectivity index (χ0n) is 27.7. The second-order valence-electron chi connectivity index (χ2n) is 13.2. The number of carboxylic acid groups (broad SMARTS) is 1. The van der Waals surface area contributed by atoms with Gasteiger partial charge in [0.05, 0.1) is 6.04 Å². The smallest absolute Gasteiger partial charge is 0.425 e. The van der Waals surface area contributed by atoms with E-state index in [-0.39, 0.29) is 30.0 Å². The molecule has 3 atom stereocenters. The van der Waals surface area contributed by atoms with Crippen LogP contribution < -0.4 is 10.2 Å². The average Bonchev–Trinajstić information content (AvgIpc) is 2.92. The number of carbonyl (C=O) groups is 4. The summed E-state index contributed by atoms with van der Waals surface area (Å²) in [5.41, 5.74) is -0.626. The molecule has 0 fully saturated rings. The van der Waals surface area contributed by atoms with Crippen LogP contribution in [0, 0.1) is 18.8 Å². The predicted molar refractivity (Wildman–Crippen MR) is 170 cm³/mol. The molecule has 3 unspecified atom stereocenters. The number of aliphatic hydroxyl groups is 1. The highest BCUT2D eigenvalue weighted by Gasteiger charge is 2.51. The van der Waals surface area contributed by atoms with Gasteiger partial charge in [-0.3, -0.25) is 9.36 Å². The van der Waals surface area contributed by atoms with Crippen LogP contribution in [0.2, 0.25) is 0 Å². The van der Waals surface area contributed by atoms with Gasteiger partial charge in [0, 0.05) is 6.20 Å². The molecule has 13 nitrogen and oxygen atoms in total. The molecule has 1 aromatic heterocycles. The Kier molecular flexibility index (Phi) is 12.8. The lowest BCUT2D eigenvalue weighted by Gasteiger charge is -2.37. The minimum Gasteiger partial charge on any atom is -0.481 e. The summed E-state index contributed by atoms with van der Waals surface area (Å²) in [6.07, 6.45) is -2.14. The molecule has 0 saturated carbocycles. The summed E-state index contributed by atoms with van der Waals surface area (Å²) >= 11 is 0. The van der Waals surface area contributed by atoms with E-state index in [1.165, 1.54) is 12.3 Å². The summed E-state index contributed by atoms with van der Waals surface area (Å²) in [6.45, 7) is 14.5. The Balaban J connectivity index is 2.41. The molecule has 2 rings (SSSR count). The first-order valence-electron chi connectivity index (χ1n) is 14.7. The zero-order chi connectivity index (χ0) is 35.0. The Morgan fingerprint density at radius 2 is 1.50 bits per heavy atom. The summed E-state index contributed by atoms with van der Waals surface area (Å²) < 4.78 is 28.6. The third-order valence-electron chi connectivity index (χ3n) is 6.48. The number of nitrogens with zero attached hydrogens (tertiary/aromatic N) is 2. The molecule has 252 valence electrons. The highest BCUT2D eigenvalue weighted by molar-refractivity contribution is 7.25. The van der Waals surface area contributed by atoms with Gasteiger partial charge in [0.1, 0.15) is 23.7 Å². The van der Waals surface area contributed by atoms with E-state index in [1.807, 2.05) is 0 Å². The van der Waals surface area contributed by atoms with E-state index in [4.69, 9.17) is 14.2 Å². The second kappa shape index (κ2) is 15.5. The van der Waals surface area contributed by atoms with Gasteiger partial charge in [0.25, 0.3) is 0 Å². The summed E-state index contributed by atoms with van der Waals surface area (Å²) in [4.78, 5) is 56.3. The zero-order valence-corrected chi connectivity index (χ0v) is 28.6. The third kappa shape index (κ3) is 10.8. The summed E-state index contributed by atoms with van der Waals surface area (Å²) in [5, 5.41) is 21.8. The number of aryl methyl sites for hydroxylation is 1. The number of nitrogens with one attached hydrogen (secondary N) is 1. The largest absolute Gasteiger partial charge is 0.481 e. The summed E-state index contributed by atoms with van der Waals surface area (Å²) in [5.74, 6) is -3.87. The predicted octanol–water partition coefficient (Wildman–Crippen LogP) is 6.24. The molecule has 1 aromatic carbocycles. The number of ether oxygens (including phenoxy) is 3. The number of benzene rings is 1. The fraction of sp³-hybridized carbons (Fsp3) is 0.531. The number of aliphatic carboxylic acids is 1. The maximum atomic E-state index is 13.1. The number of hydrogen-bond donors (Lipinski definition) is 3. The molecule has 0 spiro atoms. The standard InChI is InChI=1S/C32H44N3O10P/c1-19(2)24(34-27(38)43-18-21-13-11-10-12-14-21)32(41,46-42)23(26(36)37)16-22-15-20(3)25(33-17-22)35(28(39)44-30(4,5)6)29(40)45-31(7,8)9/h10-15,17,19,23-24,41H,16,18H2,1-9H3,(H,34,38)(H,36,37). The number of carbonyl (C=O) groups excluding carboxylic acids is 3. The van der Waals surface area contributed by atoms with Gasteiger partial charge in [-0.15, -0.1) is 0 Å². The van der Waals surface area contributed by atoms with E-state index < -0.39 is 67.1 Å². The van der Waals surface area contributed by atoms with Crippen molar-refractivity contribution in [3.63, 3.8) is 0 Å². The van der Waals surface area contributed by atoms with Gasteiger partial charge < -0.3 is 29.7 Å². The van der Waals surface area contributed by atoms with Crippen molar-refractivity contribution in [1.82, 2.24) is 10.3 Å². The number of hydrogen-bond acceptors (Lipinski definition) is 10. The lowest BCUT2D eigenvalue weighted by molar-refractivity contribution is -0.149. The van der Waals surface area contributed by atoms with Crippen molar-refractivity contribution in [3.05, 3.63) is 59.3 Å². The monoisotopic (exact) mass is 661 g/mol. The van der Waals surface area contributed by atoms with Crippen molar-refractivity contribution in [3.8, 4) is 0 Å². The first kappa shape index (κ1) is 38.1. The molecule has 14 heteroatoms. The summed E-state index contributed by atoms with van der Waals surface area (Å²) in [6, 6.07) is 9.03. The van der Waals surface area contributed by atoms with Crippen molar-refractivity contribution in [2.45, 2.75) is 97.9 Å². The fourth-order valence-corrected chi connectivity index (χ4v) is 5.29. The Morgan fingerprint density at radius 3 is 1.93 bits per heavy atom. The number of rotatable bonds is 11. The van der Waals surface area contributed by atoms with E-state index in [0.717, 1.165) is 0 Å². The molecule has 0 aliphatic rings. The number of anilines is 1. The van der Waals surface area contributed by atoms with E-state index in [1.54, 1.807) is 92.6 Å². The molecular weight excluding hydrogens is 617 g/mol. The molecule has 0 saturated heterocycles.